The second kappa shape index (κ2) is 8.20. The van der Waals surface area contributed by atoms with E-state index in [9.17, 15) is 4.79 Å². The van der Waals surface area contributed by atoms with E-state index in [0.29, 0.717) is 18.3 Å². The number of hydrogen-bond donors (Lipinski definition) is 2. The molecular formula is C18H29N3O2. The summed E-state index contributed by atoms with van der Waals surface area (Å²) in [7, 11) is 0. The molecule has 1 heterocycles. The molecule has 23 heavy (non-hydrogen) atoms. The average molecular weight is 319 g/mol. The van der Waals surface area contributed by atoms with Gasteiger partial charge in [-0.2, -0.15) is 0 Å². The maximum Gasteiger partial charge on any atom is 0.220 e. The van der Waals surface area contributed by atoms with Gasteiger partial charge in [0.1, 0.15) is 5.75 Å². The minimum absolute atomic E-state index is 0.0455. The minimum atomic E-state index is -0.159. The van der Waals surface area contributed by atoms with Crippen LogP contribution in [0.1, 0.15) is 38.7 Å². The highest BCUT2D eigenvalue weighted by Crippen LogP contribution is 2.25. The van der Waals surface area contributed by atoms with Crippen molar-refractivity contribution in [1.82, 2.24) is 4.90 Å². The summed E-state index contributed by atoms with van der Waals surface area (Å²) in [5.74, 6) is 0.655. The molecule has 4 N–H and O–H groups in total. The van der Waals surface area contributed by atoms with Gasteiger partial charge in [0, 0.05) is 12.0 Å². The lowest BCUT2D eigenvalue weighted by Gasteiger charge is -2.35. The minimum Gasteiger partial charge on any atom is -0.491 e. The Kier molecular flexibility index (Phi) is 6.28. The molecule has 0 radical (unpaired) electrons. The largest absolute Gasteiger partial charge is 0.491 e. The van der Waals surface area contributed by atoms with Crippen LogP contribution in [0.25, 0.3) is 0 Å². The molecule has 1 unspecified atom stereocenters. The van der Waals surface area contributed by atoms with Crippen LogP contribution >= 0.6 is 0 Å². The van der Waals surface area contributed by atoms with Crippen molar-refractivity contribution in [3.8, 4) is 5.75 Å². The lowest BCUT2D eigenvalue weighted by atomic mass is 9.94. The molecule has 5 nitrogen and oxygen atoms in total. The Morgan fingerprint density at radius 3 is 2.65 bits per heavy atom. The normalized spacial score (nSPS) is 17.8. The Bertz CT molecular complexity index is 525. The first-order valence-electron chi connectivity index (χ1n) is 8.55. The van der Waals surface area contributed by atoms with Gasteiger partial charge in [0.25, 0.3) is 0 Å². The van der Waals surface area contributed by atoms with Crippen LogP contribution in [0.4, 0.5) is 5.69 Å². The maximum absolute atomic E-state index is 11.2. The number of primary amides is 1. The molecule has 0 aliphatic carbocycles. The van der Waals surface area contributed by atoms with Crippen molar-refractivity contribution < 1.29 is 9.53 Å². The fourth-order valence-electron chi connectivity index (χ4n) is 3.16. The number of nitrogen functional groups attached to an aromatic ring is 1. The van der Waals surface area contributed by atoms with E-state index in [1.165, 1.54) is 5.56 Å². The molecule has 0 saturated carbocycles. The molecule has 1 amide bonds. The third-order valence-corrected chi connectivity index (χ3v) is 4.62. The van der Waals surface area contributed by atoms with Crippen molar-refractivity contribution in [3.05, 3.63) is 23.8 Å². The summed E-state index contributed by atoms with van der Waals surface area (Å²) < 4.78 is 5.62. The van der Waals surface area contributed by atoms with Gasteiger partial charge in [0.05, 0.1) is 12.3 Å². The van der Waals surface area contributed by atoms with Gasteiger partial charge < -0.3 is 21.1 Å². The summed E-state index contributed by atoms with van der Waals surface area (Å²) in [5, 5.41) is 0. The summed E-state index contributed by atoms with van der Waals surface area (Å²) in [5.41, 5.74) is 13.4. The molecular weight excluding hydrogens is 290 g/mol. The van der Waals surface area contributed by atoms with E-state index < -0.39 is 0 Å². The van der Waals surface area contributed by atoms with Gasteiger partial charge in [-0.05, 0) is 63.4 Å². The average Bonchev–Trinajstić information content (AvgIpc) is 2.54. The second-order valence-electron chi connectivity index (χ2n) is 6.49. The fourth-order valence-corrected chi connectivity index (χ4v) is 3.16. The number of benzene rings is 1. The van der Waals surface area contributed by atoms with Crippen molar-refractivity contribution in [2.75, 3.05) is 25.4 Å². The number of hydrogen-bond acceptors (Lipinski definition) is 4. The van der Waals surface area contributed by atoms with E-state index in [2.05, 4.69) is 24.8 Å². The first-order valence-corrected chi connectivity index (χ1v) is 8.55. The number of ether oxygens (including phenoxy) is 1. The molecule has 0 aromatic heterocycles. The van der Waals surface area contributed by atoms with E-state index in [1.807, 2.05) is 12.1 Å². The predicted octanol–water partition coefficient (Wildman–Crippen LogP) is 2.19. The Labute approximate surface area is 139 Å². The topological polar surface area (TPSA) is 81.6 Å². The highest BCUT2D eigenvalue weighted by atomic mass is 16.5. The zero-order valence-electron chi connectivity index (χ0n) is 14.3. The number of carbonyl (C=O) groups is 1. The molecule has 1 atom stereocenters. The summed E-state index contributed by atoms with van der Waals surface area (Å²) in [6.07, 6.45) is 3.65. The monoisotopic (exact) mass is 319 g/mol. The molecule has 1 aromatic carbocycles. The Balaban J connectivity index is 1.89. The highest BCUT2D eigenvalue weighted by Gasteiger charge is 2.25. The fraction of sp³-hybridized carbons (Fsp3) is 0.611. The molecule has 1 aliphatic heterocycles. The van der Waals surface area contributed by atoms with Gasteiger partial charge in [-0.15, -0.1) is 0 Å². The Hall–Kier alpha value is -1.75. The Morgan fingerprint density at radius 1 is 1.39 bits per heavy atom. The summed E-state index contributed by atoms with van der Waals surface area (Å²) in [4.78, 5) is 13.7. The molecule has 1 fully saturated rings. The number of likely N-dealkylation sites (tertiary alicyclic amines) is 1. The summed E-state index contributed by atoms with van der Waals surface area (Å²) in [6, 6.07) is 6.49. The molecule has 5 heteroatoms. The highest BCUT2D eigenvalue weighted by molar-refractivity contribution is 5.76. The van der Waals surface area contributed by atoms with E-state index in [4.69, 9.17) is 16.2 Å². The van der Waals surface area contributed by atoms with Gasteiger partial charge in [-0.3, -0.25) is 4.79 Å². The molecule has 128 valence electrons. The van der Waals surface area contributed by atoms with Gasteiger partial charge in [0.15, 0.2) is 0 Å². The van der Waals surface area contributed by atoms with Crippen LogP contribution in [0.5, 0.6) is 5.75 Å². The van der Waals surface area contributed by atoms with Crippen LogP contribution < -0.4 is 16.2 Å². The maximum atomic E-state index is 11.2. The van der Waals surface area contributed by atoms with E-state index in [1.54, 1.807) is 0 Å². The number of piperidine rings is 1. The third-order valence-electron chi connectivity index (χ3n) is 4.62. The summed E-state index contributed by atoms with van der Waals surface area (Å²) >= 11 is 0. The molecule has 0 bridgehead atoms. The van der Waals surface area contributed by atoms with Crippen molar-refractivity contribution in [1.29, 1.82) is 0 Å². The Morgan fingerprint density at radius 2 is 2.09 bits per heavy atom. The SMILES string of the molecule is CCCOc1ccc(CC(C)N2CCC(C(N)=O)CC2)cc1N. The van der Waals surface area contributed by atoms with E-state index >= 15 is 0 Å². The van der Waals surface area contributed by atoms with E-state index in [-0.39, 0.29) is 11.8 Å². The van der Waals surface area contributed by atoms with Crippen LogP contribution in [0.3, 0.4) is 0 Å². The molecule has 1 aromatic rings. The van der Waals surface area contributed by atoms with Crippen LogP contribution in [0, 0.1) is 5.92 Å². The van der Waals surface area contributed by atoms with Gasteiger partial charge in [0.2, 0.25) is 5.91 Å². The van der Waals surface area contributed by atoms with Crippen LogP contribution in [0.15, 0.2) is 18.2 Å². The van der Waals surface area contributed by atoms with E-state index in [0.717, 1.165) is 44.5 Å². The quantitative estimate of drug-likeness (QED) is 0.755. The number of nitrogens with two attached hydrogens (primary N) is 2. The number of rotatable bonds is 7. The standard InChI is InChI=1S/C18H29N3O2/c1-3-10-23-17-5-4-14(12-16(17)19)11-13(2)21-8-6-15(7-9-21)18(20)22/h4-5,12-13,15H,3,6-11,19H2,1-2H3,(H2,20,22). The third kappa shape index (κ3) is 4.86. The van der Waals surface area contributed by atoms with Gasteiger partial charge >= 0.3 is 0 Å². The first kappa shape index (κ1) is 17.6. The van der Waals surface area contributed by atoms with Gasteiger partial charge in [-0.25, -0.2) is 0 Å². The number of carbonyl (C=O) groups excluding carboxylic acids is 1. The van der Waals surface area contributed by atoms with Gasteiger partial charge in [-0.1, -0.05) is 13.0 Å². The number of amides is 1. The van der Waals surface area contributed by atoms with Crippen molar-refractivity contribution in [2.24, 2.45) is 11.7 Å². The van der Waals surface area contributed by atoms with Crippen molar-refractivity contribution in [3.63, 3.8) is 0 Å². The first-order chi connectivity index (χ1) is 11.0. The predicted molar refractivity (Wildman–Crippen MR) is 93.3 cm³/mol. The zero-order valence-corrected chi connectivity index (χ0v) is 14.3. The number of anilines is 1. The van der Waals surface area contributed by atoms with Crippen LogP contribution in [-0.4, -0.2) is 36.5 Å². The lowest BCUT2D eigenvalue weighted by molar-refractivity contribution is -0.123. The zero-order chi connectivity index (χ0) is 16.8. The smallest absolute Gasteiger partial charge is 0.220 e. The van der Waals surface area contributed by atoms with Crippen LogP contribution in [0.2, 0.25) is 0 Å². The molecule has 1 aliphatic rings. The van der Waals surface area contributed by atoms with Crippen molar-refractivity contribution >= 4 is 11.6 Å². The number of nitrogens with zero attached hydrogens (tertiary/aromatic N) is 1. The molecule has 2 rings (SSSR count). The van der Waals surface area contributed by atoms with Crippen LogP contribution in [-0.2, 0) is 11.2 Å². The molecule has 1 saturated heterocycles. The summed E-state index contributed by atoms with van der Waals surface area (Å²) in [6.45, 7) is 6.86. The molecule has 0 spiro atoms. The second-order valence-corrected chi connectivity index (χ2v) is 6.49. The lowest BCUT2D eigenvalue weighted by Crippen LogP contribution is -2.43. The van der Waals surface area contributed by atoms with Crippen molar-refractivity contribution in [2.45, 2.75) is 45.6 Å².